The molecule has 1 aromatic carbocycles. The van der Waals surface area contributed by atoms with Gasteiger partial charge in [0.15, 0.2) is 0 Å². The molecule has 1 fully saturated rings. The fourth-order valence-electron chi connectivity index (χ4n) is 2.65. The second-order valence-electron chi connectivity index (χ2n) is 6.23. The van der Waals surface area contributed by atoms with Crippen LogP contribution in [0.3, 0.4) is 0 Å². The van der Waals surface area contributed by atoms with Crippen LogP contribution >= 0.6 is 24.8 Å². The van der Waals surface area contributed by atoms with Gasteiger partial charge in [-0.05, 0) is 24.1 Å². The Hall–Kier alpha value is -0.320. The van der Waals surface area contributed by atoms with Crippen LogP contribution in [-0.4, -0.2) is 56.1 Å². The minimum absolute atomic E-state index is 0. The number of nitrogens with one attached hydrogen (secondary N) is 1. The number of hydrogen-bond donors (Lipinski definition) is 1. The van der Waals surface area contributed by atoms with E-state index in [-0.39, 0.29) is 24.8 Å². The molecule has 1 saturated heterocycles. The molecule has 22 heavy (non-hydrogen) atoms. The molecule has 0 spiro atoms. The lowest BCUT2D eigenvalue weighted by molar-refractivity contribution is 0.202. The van der Waals surface area contributed by atoms with Gasteiger partial charge in [-0.1, -0.05) is 38.1 Å². The lowest BCUT2D eigenvalue weighted by Crippen LogP contribution is -2.45. The molecule has 0 radical (unpaired) electrons. The highest BCUT2D eigenvalue weighted by molar-refractivity contribution is 5.85. The second-order valence-corrected chi connectivity index (χ2v) is 6.23. The Morgan fingerprint density at radius 3 is 2.23 bits per heavy atom. The Bertz CT molecular complexity index is 389. The fourth-order valence-corrected chi connectivity index (χ4v) is 2.65. The van der Waals surface area contributed by atoms with Crippen LogP contribution in [0.15, 0.2) is 24.3 Å². The largest absolute Gasteiger partial charge is 0.314 e. The molecular formula is C17H31Cl2N3. The minimum atomic E-state index is 0. The Labute approximate surface area is 148 Å². The average molecular weight is 348 g/mol. The van der Waals surface area contributed by atoms with Crippen LogP contribution in [0.2, 0.25) is 0 Å². The summed E-state index contributed by atoms with van der Waals surface area (Å²) < 4.78 is 0. The smallest absolute Gasteiger partial charge is 0.0231 e. The summed E-state index contributed by atoms with van der Waals surface area (Å²) in [6, 6.07) is 9.08. The van der Waals surface area contributed by atoms with Gasteiger partial charge in [0.25, 0.3) is 0 Å². The van der Waals surface area contributed by atoms with E-state index in [1.807, 2.05) is 0 Å². The summed E-state index contributed by atoms with van der Waals surface area (Å²) in [6.07, 6.45) is 0. The van der Waals surface area contributed by atoms with Crippen molar-refractivity contribution >= 4 is 24.8 Å². The third kappa shape index (κ3) is 7.30. The average Bonchev–Trinajstić information content (AvgIpc) is 2.47. The van der Waals surface area contributed by atoms with Crippen molar-refractivity contribution in [2.75, 3.05) is 46.3 Å². The topological polar surface area (TPSA) is 18.5 Å². The molecule has 0 atom stereocenters. The lowest BCUT2D eigenvalue weighted by atomic mass is 10.0. The first-order valence-corrected chi connectivity index (χ1v) is 7.85. The van der Waals surface area contributed by atoms with Crippen LogP contribution in [0.1, 0.15) is 30.9 Å². The summed E-state index contributed by atoms with van der Waals surface area (Å²) >= 11 is 0. The second kappa shape index (κ2) is 11.3. The summed E-state index contributed by atoms with van der Waals surface area (Å²) in [5, 5.41) is 3.40. The molecule has 0 bridgehead atoms. The van der Waals surface area contributed by atoms with Crippen molar-refractivity contribution in [3.05, 3.63) is 35.4 Å². The molecular weight excluding hydrogens is 317 g/mol. The van der Waals surface area contributed by atoms with E-state index in [0.717, 1.165) is 26.2 Å². The highest BCUT2D eigenvalue weighted by atomic mass is 35.5. The van der Waals surface area contributed by atoms with Gasteiger partial charge >= 0.3 is 0 Å². The van der Waals surface area contributed by atoms with E-state index in [4.69, 9.17) is 0 Å². The minimum Gasteiger partial charge on any atom is -0.314 e. The third-order valence-electron chi connectivity index (χ3n) is 4.11. The van der Waals surface area contributed by atoms with Crippen LogP contribution in [-0.2, 0) is 6.54 Å². The maximum atomic E-state index is 3.40. The highest BCUT2D eigenvalue weighted by Crippen LogP contribution is 2.15. The number of benzene rings is 1. The molecule has 0 saturated carbocycles. The van der Waals surface area contributed by atoms with Gasteiger partial charge in [0.1, 0.15) is 0 Å². The van der Waals surface area contributed by atoms with Crippen molar-refractivity contribution in [1.29, 1.82) is 0 Å². The van der Waals surface area contributed by atoms with E-state index in [1.165, 1.54) is 30.8 Å². The van der Waals surface area contributed by atoms with Crippen LogP contribution in [0.25, 0.3) is 0 Å². The van der Waals surface area contributed by atoms with Crippen LogP contribution in [0, 0.1) is 0 Å². The Morgan fingerprint density at radius 1 is 1.09 bits per heavy atom. The Morgan fingerprint density at radius 2 is 1.68 bits per heavy atom. The van der Waals surface area contributed by atoms with Gasteiger partial charge in [0, 0.05) is 45.8 Å². The van der Waals surface area contributed by atoms with Crippen molar-refractivity contribution in [2.45, 2.75) is 26.3 Å². The van der Waals surface area contributed by atoms with E-state index in [1.54, 1.807) is 0 Å². The van der Waals surface area contributed by atoms with Gasteiger partial charge in [0.2, 0.25) is 0 Å². The number of likely N-dealkylation sites (N-methyl/N-ethyl adjacent to an activating group) is 1. The normalized spacial score (nSPS) is 15.5. The highest BCUT2D eigenvalue weighted by Gasteiger charge is 2.10. The third-order valence-corrected chi connectivity index (χ3v) is 4.11. The standard InChI is InChI=1S/C17H29N3.2ClH/c1-15(2)17-6-4-16(5-7-17)14-19(3)12-13-20-10-8-18-9-11-20;;/h4-7,15,18H,8-14H2,1-3H3;2*1H. The summed E-state index contributed by atoms with van der Waals surface area (Å²) in [5.74, 6) is 0.620. The van der Waals surface area contributed by atoms with E-state index < -0.39 is 0 Å². The first kappa shape index (κ1) is 21.7. The number of rotatable bonds is 6. The number of nitrogens with zero attached hydrogens (tertiary/aromatic N) is 2. The summed E-state index contributed by atoms with van der Waals surface area (Å²) in [5.41, 5.74) is 2.84. The summed E-state index contributed by atoms with van der Waals surface area (Å²) in [7, 11) is 2.22. The molecule has 128 valence electrons. The van der Waals surface area contributed by atoms with E-state index in [0.29, 0.717) is 5.92 Å². The molecule has 2 rings (SSSR count). The predicted molar refractivity (Wildman–Crippen MR) is 101 cm³/mol. The van der Waals surface area contributed by atoms with Crippen molar-refractivity contribution < 1.29 is 0 Å². The van der Waals surface area contributed by atoms with Gasteiger partial charge in [-0.15, -0.1) is 24.8 Å². The SMILES string of the molecule is CC(C)c1ccc(CN(C)CCN2CCNCC2)cc1.Cl.Cl. The zero-order chi connectivity index (χ0) is 14.4. The van der Waals surface area contributed by atoms with Crippen LogP contribution in [0.4, 0.5) is 0 Å². The van der Waals surface area contributed by atoms with E-state index >= 15 is 0 Å². The molecule has 3 nitrogen and oxygen atoms in total. The Balaban J connectivity index is 0.00000220. The van der Waals surface area contributed by atoms with Gasteiger partial charge in [-0.3, -0.25) is 4.90 Å². The first-order chi connectivity index (χ1) is 9.65. The molecule has 0 amide bonds. The number of piperazine rings is 1. The zero-order valence-corrected chi connectivity index (χ0v) is 15.7. The van der Waals surface area contributed by atoms with Gasteiger partial charge in [0.05, 0.1) is 0 Å². The lowest BCUT2D eigenvalue weighted by Gasteiger charge is -2.29. The van der Waals surface area contributed by atoms with Gasteiger partial charge in [-0.25, -0.2) is 0 Å². The fraction of sp³-hybridized carbons (Fsp3) is 0.647. The van der Waals surface area contributed by atoms with Gasteiger partial charge < -0.3 is 10.2 Å². The van der Waals surface area contributed by atoms with E-state index in [9.17, 15) is 0 Å². The summed E-state index contributed by atoms with van der Waals surface area (Å²) in [4.78, 5) is 4.97. The molecule has 0 unspecified atom stereocenters. The Kier molecular flexibility index (Phi) is 11.1. The first-order valence-electron chi connectivity index (χ1n) is 7.85. The maximum absolute atomic E-state index is 3.40. The molecule has 1 aromatic rings. The predicted octanol–water partition coefficient (Wildman–Crippen LogP) is 2.99. The maximum Gasteiger partial charge on any atom is 0.0231 e. The molecule has 1 aliphatic heterocycles. The molecule has 5 heteroatoms. The molecule has 1 heterocycles. The summed E-state index contributed by atoms with van der Waals surface area (Å²) in [6.45, 7) is 12.5. The van der Waals surface area contributed by atoms with Crippen molar-refractivity contribution in [3.8, 4) is 0 Å². The van der Waals surface area contributed by atoms with Crippen LogP contribution in [0.5, 0.6) is 0 Å². The molecule has 0 aliphatic carbocycles. The molecule has 1 N–H and O–H groups in total. The molecule has 1 aliphatic rings. The van der Waals surface area contributed by atoms with Crippen molar-refractivity contribution in [1.82, 2.24) is 15.1 Å². The zero-order valence-electron chi connectivity index (χ0n) is 14.0. The molecule has 0 aromatic heterocycles. The van der Waals surface area contributed by atoms with Crippen LogP contribution < -0.4 is 5.32 Å². The quantitative estimate of drug-likeness (QED) is 0.853. The number of halogens is 2. The van der Waals surface area contributed by atoms with Gasteiger partial charge in [-0.2, -0.15) is 0 Å². The van der Waals surface area contributed by atoms with E-state index in [2.05, 4.69) is 60.3 Å². The van der Waals surface area contributed by atoms with Crippen molar-refractivity contribution in [3.63, 3.8) is 0 Å². The monoisotopic (exact) mass is 347 g/mol. The number of hydrogen-bond acceptors (Lipinski definition) is 3. The van der Waals surface area contributed by atoms with Crippen molar-refractivity contribution in [2.24, 2.45) is 0 Å².